The molecule has 0 spiro atoms. The molecule has 0 saturated carbocycles. The van der Waals surface area contributed by atoms with Crippen LogP contribution in [-0.4, -0.2) is 23.9 Å². The Kier molecular flexibility index (Phi) is 7.50. The van der Waals surface area contributed by atoms with Gasteiger partial charge >= 0.3 is 0 Å². The van der Waals surface area contributed by atoms with Gasteiger partial charge in [0.05, 0.1) is 39.1 Å². The maximum atomic E-state index is 6.41. The third-order valence-electron chi connectivity index (χ3n) is 12.4. The highest BCUT2D eigenvalue weighted by molar-refractivity contribution is 6.27. The van der Waals surface area contributed by atoms with Crippen LogP contribution in [0.2, 0.25) is 0 Å². The van der Waals surface area contributed by atoms with E-state index in [0.717, 1.165) is 100 Å². The molecule has 9 aromatic carbocycles. The number of para-hydroxylation sites is 5. The van der Waals surface area contributed by atoms with Gasteiger partial charge in [-0.1, -0.05) is 152 Å². The molecule has 0 radical (unpaired) electrons. The maximum Gasteiger partial charge on any atom is 0.168 e. The van der Waals surface area contributed by atoms with Gasteiger partial charge < -0.3 is 13.6 Å². The van der Waals surface area contributed by atoms with Crippen molar-refractivity contribution in [2.24, 2.45) is 0 Å². The minimum absolute atomic E-state index is 0.793. The minimum atomic E-state index is 0.793. The predicted octanol–water partition coefficient (Wildman–Crippen LogP) is 14.4. The molecule has 0 fully saturated rings. The average Bonchev–Trinajstić information content (AvgIpc) is 4.11. The van der Waals surface area contributed by atoms with Gasteiger partial charge in [-0.05, 0) is 60.7 Å². The fourth-order valence-electron chi connectivity index (χ4n) is 9.76. The number of nitrogens with zero attached hydrogens (tertiary/aromatic N) is 5. The lowest BCUT2D eigenvalue weighted by Gasteiger charge is -2.18. The van der Waals surface area contributed by atoms with Gasteiger partial charge in [-0.25, -0.2) is 0 Å². The molecule has 6 nitrogen and oxygen atoms in total. The quantitative estimate of drug-likeness (QED) is 0.168. The number of furan rings is 1. The largest absolute Gasteiger partial charge is 0.456 e. The number of hydrogen-bond donors (Lipinski definition) is 0. The Bertz CT molecular complexity index is 3810. The Morgan fingerprint density at radius 3 is 1.50 bits per heavy atom. The van der Waals surface area contributed by atoms with Crippen molar-refractivity contribution in [3.05, 3.63) is 212 Å². The molecule has 0 amide bonds. The first-order valence-electron chi connectivity index (χ1n) is 20.9. The van der Waals surface area contributed by atoms with Crippen molar-refractivity contribution in [1.29, 1.82) is 0 Å². The number of aromatic nitrogens is 5. The van der Waals surface area contributed by atoms with E-state index in [-0.39, 0.29) is 0 Å². The van der Waals surface area contributed by atoms with Crippen LogP contribution in [0.15, 0.2) is 217 Å². The summed E-state index contributed by atoms with van der Waals surface area (Å²) in [4.78, 5) is 0. The van der Waals surface area contributed by atoms with Gasteiger partial charge in [0.25, 0.3) is 0 Å². The van der Waals surface area contributed by atoms with Crippen LogP contribution in [0.3, 0.4) is 0 Å². The maximum absolute atomic E-state index is 6.41. The topological polar surface area (TPSA) is 53.7 Å². The molecule has 0 saturated heterocycles. The Hall–Kier alpha value is -8.48. The van der Waals surface area contributed by atoms with Crippen molar-refractivity contribution in [2.75, 3.05) is 0 Å². The van der Waals surface area contributed by atoms with Gasteiger partial charge in [0.2, 0.25) is 0 Å². The summed E-state index contributed by atoms with van der Waals surface area (Å²) in [6, 6.07) is 75.1. The standard InChI is InChI=1S/C56H35N5O/c1-3-17-36(18-4-1)55-57-58-56(37-19-5-2-6-20-37)59(55)38-31-32-49-44(35-38)41-23-9-14-28-47(41)60(49)45-26-12-7-21-39(45)40-22-8-13-27-46(40)61-48-29-15-10-24-42(48)53-50(61)33-34-52-54(53)43-25-11-16-30-51(43)62-52/h1-35H. The molecule has 13 rings (SSSR count). The van der Waals surface area contributed by atoms with Crippen LogP contribution in [0.5, 0.6) is 0 Å². The van der Waals surface area contributed by atoms with Crippen LogP contribution >= 0.6 is 0 Å². The van der Waals surface area contributed by atoms with Gasteiger partial charge in [-0.2, -0.15) is 0 Å². The van der Waals surface area contributed by atoms with Crippen LogP contribution in [0.4, 0.5) is 0 Å². The molecule has 4 heterocycles. The molecule has 6 heteroatoms. The number of benzene rings is 9. The summed E-state index contributed by atoms with van der Waals surface area (Å²) in [6.45, 7) is 0. The highest BCUT2D eigenvalue weighted by Crippen LogP contribution is 2.44. The van der Waals surface area contributed by atoms with E-state index < -0.39 is 0 Å². The van der Waals surface area contributed by atoms with E-state index in [9.17, 15) is 0 Å². The Morgan fingerprint density at radius 2 is 0.823 bits per heavy atom. The van der Waals surface area contributed by atoms with Crippen molar-refractivity contribution in [1.82, 2.24) is 23.9 Å². The molecule has 62 heavy (non-hydrogen) atoms. The lowest BCUT2D eigenvalue weighted by Crippen LogP contribution is -2.02. The van der Waals surface area contributed by atoms with Crippen LogP contribution in [0, 0.1) is 0 Å². The molecule has 0 bridgehead atoms. The van der Waals surface area contributed by atoms with Crippen molar-refractivity contribution in [3.63, 3.8) is 0 Å². The van der Waals surface area contributed by atoms with E-state index in [2.05, 4.69) is 184 Å². The first-order valence-corrected chi connectivity index (χ1v) is 20.9. The average molecular weight is 794 g/mol. The van der Waals surface area contributed by atoms with E-state index >= 15 is 0 Å². The first kappa shape index (κ1) is 34.4. The van der Waals surface area contributed by atoms with Crippen molar-refractivity contribution in [3.8, 4) is 51.0 Å². The van der Waals surface area contributed by atoms with Crippen LogP contribution < -0.4 is 0 Å². The summed E-state index contributed by atoms with van der Waals surface area (Å²) in [5, 5.41) is 16.5. The highest BCUT2D eigenvalue weighted by atomic mass is 16.3. The second-order valence-corrected chi connectivity index (χ2v) is 15.8. The van der Waals surface area contributed by atoms with Gasteiger partial charge in [0.15, 0.2) is 11.6 Å². The smallest absolute Gasteiger partial charge is 0.168 e. The van der Waals surface area contributed by atoms with Crippen molar-refractivity contribution >= 4 is 65.6 Å². The summed E-state index contributed by atoms with van der Waals surface area (Å²) < 4.78 is 13.5. The highest BCUT2D eigenvalue weighted by Gasteiger charge is 2.23. The molecule has 4 aromatic heterocycles. The summed E-state index contributed by atoms with van der Waals surface area (Å²) in [7, 11) is 0. The molecule has 290 valence electrons. The molecular formula is C56H35N5O. The Balaban J connectivity index is 1.04. The van der Waals surface area contributed by atoms with E-state index in [0.29, 0.717) is 0 Å². The zero-order valence-electron chi connectivity index (χ0n) is 33.4. The lowest BCUT2D eigenvalue weighted by atomic mass is 10.0. The second-order valence-electron chi connectivity index (χ2n) is 15.8. The third kappa shape index (κ3) is 5.04. The monoisotopic (exact) mass is 793 g/mol. The summed E-state index contributed by atoms with van der Waals surface area (Å²) in [5.41, 5.74) is 13.8. The number of rotatable bonds is 6. The van der Waals surface area contributed by atoms with E-state index in [1.165, 1.54) is 16.2 Å². The normalized spacial score (nSPS) is 11.9. The van der Waals surface area contributed by atoms with E-state index in [1.807, 2.05) is 42.5 Å². The van der Waals surface area contributed by atoms with Crippen LogP contribution in [-0.2, 0) is 0 Å². The fraction of sp³-hybridized carbons (Fsp3) is 0. The molecule has 0 aliphatic heterocycles. The SMILES string of the molecule is c1ccc(-c2nnc(-c3ccccc3)n2-c2ccc3c(c2)c2ccccc2n3-c2ccccc2-c2ccccc2-n2c3ccccc3c3c4c(ccc32)oc2ccccc24)cc1. The third-order valence-corrected chi connectivity index (χ3v) is 12.4. The fourth-order valence-corrected chi connectivity index (χ4v) is 9.76. The zero-order chi connectivity index (χ0) is 40.7. The Labute approximate surface area is 355 Å². The molecule has 0 unspecified atom stereocenters. The van der Waals surface area contributed by atoms with Gasteiger partial charge in [0.1, 0.15) is 11.2 Å². The molecule has 0 atom stereocenters. The summed E-state index contributed by atoms with van der Waals surface area (Å²) in [6.07, 6.45) is 0. The molecule has 0 N–H and O–H groups in total. The zero-order valence-corrected chi connectivity index (χ0v) is 33.4. The molecule has 13 aromatic rings. The van der Waals surface area contributed by atoms with Gasteiger partial charge in [0, 0.05) is 54.6 Å². The van der Waals surface area contributed by atoms with Crippen molar-refractivity contribution < 1.29 is 4.42 Å². The van der Waals surface area contributed by atoms with E-state index in [4.69, 9.17) is 14.6 Å². The Morgan fingerprint density at radius 1 is 0.323 bits per heavy atom. The number of hydrogen-bond acceptors (Lipinski definition) is 3. The number of fused-ring (bicyclic) bond motifs is 10. The molecule has 0 aliphatic rings. The van der Waals surface area contributed by atoms with Gasteiger partial charge in [-0.3, -0.25) is 4.57 Å². The summed E-state index contributed by atoms with van der Waals surface area (Å²) >= 11 is 0. The summed E-state index contributed by atoms with van der Waals surface area (Å²) in [5.74, 6) is 1.59. The lowest BCUT2D eigenvalue weighted by molar-refractivity contribution is 0.669. The second kappa shape index (κ2) is 13.5. The predicted molar refractivity (Wildman–Crippen MR) is 254 cm³/mol. The first-order chi connectivity index (χ1) is 30.8. The molecule has 0 aliphatic carbocycles. The van der Waals surface area contributed by atoms with Crippen LogP contribution in [0.25, 0.3) is 117 Å². The minimum Gasteiger partial charge on any atom is -0.456 e. The van der Waals surface area contributed by atoms with E-state index in [1.54, 1.807) is 0 Å². The van der Waals surface area contributed by atoms with Crippen LogP contribution in [0.1, 0.15) is 0 Å². The van der Waals surface area contributed by atoms with Crippen molar-refractivity contribution in [2.45, 2.75) is 0 Å². The molecular weight excluding hydrogens is 759 g/mol. The van der Waals surface area contributed by atoms with Gasteiger partial charge in [-0.15, -0.1) is 10.2 Å².